The Labute approximate surface area is 154 Å². The van der Waals surface area contributed by atoms with Crippen LogP contribution in [0.25, 0.3) is 10.8 Å². The lowest BCUT2D eigenvalue weighted by molar-refractivity contribution is -0.144. The Bertz CT molecular complexity index is 746. The van der Waals surface area contributed by atoms with E-state index in [1.54, 1.807) is 7.05 Å². The molecule has 140 valence electrons. The number of hydrogen-bond acceptors (Lipinski definition) is 4. The lowest BCUT2D eigenvalue weighted by Crippen LogP contribution is -2.41. The molecule has 2 N–H and O–H groups in total. The minimum atomic E-state index is -0.239. The zero-order chi connectivity index (χ0) is 18.8. The number of carbonyl (C=O) groups is 1. The number of hydrogen-bond donors (Lipinski definition) is 2. The average Bonchev–Trinajstić information content (AvgIpc) is 2.68. The molecule has 2 aromatic carbocycles. The van der Waals surface area contributed by atoms with Crippen LogP contribution in [0.3, 0.4) is 0 Å². The second-order valence-electron chi connectivity index (χ2n) is 6.02. The predicted molar refractivity (Wildman–Crippen MR) is 105 cm³/mol. The molecule has 0 aromatic heterocycles. The molecule has 0 bridgehead atoms. The summed E-state index contributed by atoms with van der Waals surface area (Å²) in [6, 6.07) is 14.3. The summed E-state index contributed by atoms with van der Waals surface area (Å²) >= 11 is 0. The van der Waals surface area contributed by atoms with Gasteiger partial charge in [-0.25, -0.2) is 0 Å². The van der Waals surface area contributed by atoms with Crippen molar-refractivity contribution in [3.8, 4) is 5.75 Å². The third-order valence-electron chi connectivity index (χ3n) is 4.01. The lowest BCUT2D eigenvalue weighted by atomic mass is 10.1. The Morgan fingerprint density at radius 1 is 1.15 bits per heavy atom. The summed E-state index contributed by atoms with van der Waals surface area (Å²) < 4.78 is 10.5. The fourth-order valence-corrected chi connectivity index (χ4v) is 2.48. The van der Waals surface area contributed by atoms with Crippen LogP contribution in [-0.4, -0.2) is 45.8 Å². The van der Waals surface area contributed by atoms with Gasteiger partial charge in [-0.1, -0.05) is 37.3 Å². The number of benzene rings is 2. The summed E-state index contributed by atoms with van der Waals surface area (Å²) in [6.07, 6.45) is 0.833. The van der Waals surface area contributed by atoms with Crippen LogP contribution in [0, 0.1) is 5.92 Å². The van der Waals surface area contributed by atoms with Crippen LogP contribution < -0.4 is 15.4 Å². The SMILES string of the molecule is CN=C(NCCCOc1ccc2ccccc2c1)NCC(C)C(=O)OC. The van der Waals surface area contributed by atoms with E-state index in [1.807, 2.05) is 25.1 Å². The zero-order valence-electron chi connectivity index (χ0n) is 15.6. The van der Waals surface area contributed by atoms with Crippen molar-refractivity contribution in [1.82, 2.24) is 10.6 Å². The van der Waals surface area contributed by atoms with Gasteiger partial charge in [0.05, 0.1) is 19.6 Å². The standard InChI is InChI=1S/C20H27N3O3/c1-15(19(24)25-3)14-23-20(21-2)22-11-6-12-26-18-10-9-16-7-4-5-8-17(16)13-18/h4-5,7-10,13,15H,6,11-12,14H2,1-3H3,(H2,21,22,23). The van der Waals surface area contributed by atoms with Gasteiger partial charge in [0.1, 0.15) is 5.75 Å². The highest BCUT2D eigenvalue weighted by Gasteiger charge is 2.13. The molecule has 26 heavy (non-hydrogen) atoms. The summed E-state index contributed by atoms with van der Waals surface area (Å²) in [5.74, 6) is 1.07. The number of nitrogens with one attached hydrogen (secondary N) is 2. The maximum Gasteiger partial charge on any atom is 0.310 e. The van der Waals surface area contributed by atoms with E-state index in [-0.39, 0.29) is 11.9 Å². The summed E-state index contributed by atoms with van der Waals surface area (Å²) in [7, 11) is 3.09. The van der Waals surface area contributed by atoms with Gasteiger partial charge in [0.2, 0.25) is 0 Å². The van der Waals surface area contributed by atoms with Gasteiger partial charge in [0, 0.05) is 20.1 Å². The first-order valence-electron chi connectivity index (χ1n) is 8.78. The normalized spacial score (nSPS) is 12.5. The second kappa shape index (κ2) is 10.3. The molecule has 0 radical (unpaired) electrons. The Kier molecular flexibility index (Phi) is 7.74. The molecule has 0 saturated carbocycles. The minimum Gasteiger partial charge on any atom is -0.494 e. The van der Waals surface area contributed by atoms with E-state index in [9.17, 15) is 4.79 Å². The molecule has 6 heteroatoms. The Balaban J connectivity index is 1.67. The highest BCUT2D eigenvalue weighted by molar-refractivity contribution is 5.83. The van der Waals surface area contributed by atoms with Gasteiger partial charge in [-0.3, -0.25) is 9.79 Å². The van der Waals surface area contributed by atoms with Gasteiger partial charge < -0.3 is 20.1 Å². The summed E-state index contributed by atoms with van der Waals surface area (Å²) in [5.41, 5.74) is 0. The molecule has 2 rings (SSSR count). The molecule has 1 unspecified atom stereocenters. The molecule has 0 amide bonds. The molecule has 2 aromatic rings. The number of nitrogens with zero attached hydrogens (tertiary/aromatic N) is 1. The molecule has 0 fully saturated rings. The molecule has 0 saturated heterocycles. The van der Waals surface area contributed by atoms with Crippen molar-refractivity contribution < 1.29 is 14.3 Å². The molecule has 1 atom stereocenters. The van der Waals surface area contributed by atoms with Gasteiger partial charge in [-0.15, -0.1) is 0 Å². The number of carbonyl (C=O) groups excluding carboxylic acids is 1. The Hall–Kier alpha value is -2.76. The quantitative estimate of drug-likeness (QED) is 0.329. The van der Waals surface area contributed by atoms with Crippen molar-refractivity contribution in [2.45, 2.75) is 13.3 Å². The molecular weight excluding hydrogens is 330 g/mol. The number of esters is 1. The van der Waals surface area contributed by atoms with Crippen LogP contribution in [0.1, 0.15) is 13.3 Å². The van der Waals surface area contributed by atoms with E-state index in [4.69, 9.17) is 9.47 Å². The van der Waals surface area contributed by atoms with Gasteiger partial charge in [0.15, 0.2) is 5.96 Å². The van der Waals surface area contributed by atoms with Gasteiger partial charge in [0.25, 0.3) is 0 Å². The highest BCUT2D eigenvalue weighted by Crippen LogP contribution is 2.20. The summed E-state index contributed by atoms with van der Waals surface area (Å²) in [4.78, 5) is 15.5. The van der Waals surface area contributed by atoms with E-state index in [1.165, 1.54) is 17.9 Å². The highest BCUT2D eigenvalue weighted by atomic mass is 16.5. The van der Waals surface area contributed by atoms with Crippen LogP contribution >= 0.6 is 0 Å². The van der Waals surface area contributed by atoms with Crippen molar-refractivity contribution in [1.29, 1.82) is 0 Å². The molecular formula is C20H27N3O3. The molecule has 0 aliphatic rings. The second-order valence-corrected chi connectivity index (χ2v) is 6.02. The fourth-order valence-electron chi connectivity index (χ4n) is 2.48. The number of aliphatic imine (C=N–C) groups is 1. The van der Waals surface area contributed by atoms with Crippen LogP contribution in [0.2, 0.25) is 0 Å². The molecule has 0 aliphatic carbocycles. The van der Waals surface area contributed by atoms with E-state index in [2.05, 4.69) is 39.9 Å². The zero-order valence-corrected chi connectivity index (χ0v) is 15.6. The van der Waals surface area contributed by atoms with E-state index in [0.717, 1.165) is 18.7 Å². The fraction of sp³-hybridized carbons (Fsp3) is 0.400. The Morgan fingerprint density at radius 2 is 1.92 bits per heavy atom. The maximum atomic E-state index is 11.4. The topological polar surface area (TPSA) is 72.0 Å². The lowest BCUT2D eigenvalue weighted by Gasteiger charge is -2.14. The number of guanidine groups is 1. The number of rotatable bonds is 8. The number of methoxy groups -OCH3 is 1. The van der Waals surface area contributed by atoms with Crippen LogP contribution in [0.5, 0.6) is 5.75 Å². The molecule has 0 spiro atoms. The smallest absolute Gasteiger partial charge is 0.310 e. The van der Waals surface area contributed by atoms with Crippen LogP contribution in [-0.2, 0) is 9.53 Å². The molecule has 0 aliphatic heterocycles. The third kappa shape index (κ3) is 5.95. The molecule has 0 heterocycles. The third-order valence-corrected chi connectivity index (χ3v) is 4.01. The van der Waals surface area contributed by atoms with Crippen molar-refractivity contribution in [2.75, 3.05) is 33.9 Å². The first-order chi connectivity index (χ1) is 12.6. The van der Waals surface area contributed by atoms with Crippen molar-refractivity contribution in [2.24, 2.45) is 10.9 Å². The van der Waals surface area contributed by atoms with E-state index < -0.39 is 0 Å². The first-order valence-corrected chi connectivity index (χ1v) is 8.78. The van der Waals surface area contributed by atoms with Gasteiger partial charge in [-0.2, -0.15) is 0 Å². The van der Waals surface area contributed by atoms with Crippen molar-refractivity contribution in [3.63, 3.8) is 0 Å². The molecule has 6 nitrogen and oxygen atoms in total. The number of fused-ring (bicyclic) bond motifs is 1. The van der Waals surface area contributed by atoms with Gasteiger partial charge in [-0.05, 0) is 29.3 Å². The van der Waals surface area contributed by atoms with Crippen molar-refractivity contribution in [3.05, 3.63) is 42.5 Å². The van der Waals surface area contributed by atoms with Crippen molar-refractivity contribution >= 4 is 22.7 Å². The average molecular weight is 357 g/mol. The van der Waals surface area contributed by atoms with E-state index in [0.29, 0.717) is 19.1 Å². The van der Waals surface area contributed by atoms with Crippen LogP contribution in [0.4, 0.5) is 0 Å². The first kappa shape index (κ1) is 19.6. The van der Waals surface area contributed by atoms with Crippen LogP contribution in [0.15, 0.2) is 47.5 Å². The number of ether oxygens (including phenoxy) is 2. The minimum absolute atomic E-state index is 0.227. The van der Waals surface area contributed by atoms with E-state index >= 15 is 0 Å². The summed E-state index contributed by atoms with van der Waals surface area (Å²) in [6.45, 7) is 3.62. The Morgan fingerprint density at radius 3 is 2.65 bits per heavy atom. The predicted octanol–water partition coefficient (Wildman–Crippen LogP) is 2.58. The monoisotopic (exact) mass is 357 g/mol. The van der Waals surface area contributed by atoms with Gasteiger partial charge >= 0.3 is 5.97 Å². The largest absolute Gasteiger partial charge is 0.494 e. The summed E-state index contributed by atoms with van der Waals surface area (Å²) in [5, 5.41) is 8.69. The maximum absolute atomic E-state index is 11.4.